The number of aliphatic hydroxyl groups excluding tert-OH is 2. The van der Waals surface area contributed by atoms with E-state index in [1.807, 2.05) is 24.3 Å². The Kier molecular flexibility index (Phi) is 9.95. The first-order valence-electron chi connectivity index (χ1n) is 8.72. The van der Waals surface area contributed by atoms with Crippen LogP contribution in [0.1, 0.15) is 47.9 Å². The van der Waals surface area contributed by atoms with Gasteiger partial charge in [0.2, 0.25) is 0 Å². The van der Waals surface area contributed by atoms with Crippen molar-refractivity contribution < 1.29 is 49.7 Å². The van der Waals surface area contributed by atoms with Crippen LogP contribution in [0.2, 0.25) is 0 Å². The van der Waals surface area contributed by atoms with E-state index in [0.29, 0.717) is 5.92 Å². The Balaban J connectivity index is 0.00000364. The smallest absolute Gasteiger partial charge is 0.550 e. The molecular formula is C21H25NaO4S. The molecule has 0 aliphatic carbocycles. The van der Waals surface area contributed by atoms with E-state index in [2.05, 4.69) is 32.9 Å². The van der Waals surface area contributed by atoms with Crippen molar-refractivity contribution in [3.05, 3.63) is 51.7 Å². The number of thiophene rings is 1. The molecule has 6 heteroatoms. The van der Waals surface area contributed by atoms with E-state index in [1.165, 1.54) is 9.75 Å². The summed E-state index contributed by atoms with van der Waals surface area (Å²) < 4.78 is 0. The number of carbonyl (C=O) groups is 1. The van der Waals surface area contributed by atoms with Crippen molar-refractivity contribution in [1.82, 2.24) is 0 Å². The molecule has 0 saturated carbocycles. The molecule has 0 aliphatic heterocycles. The summed E-state index contributed by atoms with van der Waals surface area (Å²) >= 11 is 1.75. The number of hydrogen-bond acceptors (Lipinski definition) is 5. The van der Waals surface area contributed by atoms with Crippen molar-refractivity contribution in [2.75, 3.05) is 0 Å². The van der Waals surface area contributed by atoms with Crippen molar-refractivity contribution in [2.45, 2.75) is 51.7 Å². The van der Waals surface area contributed by atoms with Crippen LogP contribution in [0.15, 0.2) is 36.4 Å². The predicted molar refractivity (Wildman–Crippen MR) is 104 cm³/mol. The Morgan fingerprint density at radius 1 is 1.22 bits per heavy atom. The number of aryl methyl sites for hydroxylation is 1. The Morgan fingerprint density at radius 3 is 2.41 bits per heavy atom. The molecule has 1 heterocycles. The zero-order chi connectivity index (χ0) is 19.3. The molecule has 0 unspecified atom stereocenters. The summed E-state index contributed by atoms with van der Waals surface area (Å²) in [5.41, 5.74) is 3.35. The molecule has 0 saturated heterocycles. The van der Waals surface area contributed by atoms with Gasteiger partial charge >= 0.3 is 29.6 Å². The Bertz CT molecular complexity index is 768. The minimum absolute atomic E-state index is 0. The van der Waals surface area contributed by atoms with Crippen LogP contribution in [-0.4, -0.2) is 28.4 Å². The molecule has 0 amide bonds. The molecule has 0 bridgehead atoms. The van der Waals surface area contributed by atoms with Crippen molar-refractivity contribution in [2.24, 2.45) is 0 Å². The molecule has 1 aromatic carbocycles. The molecule has 27 heavy (non-hydrogen) atoms. The van der Waals surface area contributed by atoms with Crippen molar-refractivity contribution >= 4 is 23.4 Å². The van der Waals surface area contributed by atoms with Gasteiger partial charge in [-0.15, -0.1) is 11.3 Å². The van der Waals surface area contributed by atoms with E-state index < -0.39 is 24.6 Å². The molecule has 2 N–H and O–H groups in total. The van der Waals surface area contributed by atoms with Crippen LogP contribution < -0.4 is 34.7 Å². The second-order valence-electron chi connectivity index (χ2n) is 6.72. The first-order chi connectivity index (χ1) is 12.3. The third kappa shape index (κ3) is 6.86. The first kappa shape index (κ1) is 24.1. The molecule has 0 spiro atoms. The van der Waals surface area contributed by atoms with Crippen molar-refractivity contribution in [1.29, 1.82) is 0 Å². The van der Waals surface area contributed by atoms with Gasteiger partial charge in [-0.05, 0) is 24.0 Å². The largest absolute Gasteiger partial charge is 1.00 e. The summed E-state index contributed by atoms with van der Waals surface area (Å²) in [7, 11) is 0. The van der Waals surface area contributed by atoms with Gasteiger partial charge in [0.1, 0.15) is 0 Å². The normalized spacial score (nSPS) is 13.6. The van der Waals surface area contributed by atoms with Crippen LogP contribution >= 0.6 is 11.3 Å². The van der Waals surface area contributed by atoms with Gasteiger partial charge in [0.25, 0.3) is 0 Å². The van der Waals surface area contributed by atoms with E-state index in [-0.39, 0.29) is 36.0 Å². The summed E-state index contributed by atoms with van der Waals surface area (Å²) in [4.78, 5) is 13.0. The van der Waals surface area contributed by atoms with Crippen LogP contribution in [0, 0.1) is 6.92 Å². The van der Waals surface area contributed by atoms with E-state index in [9.17, 15) is 20.1 Å². The fourth-order valence-corrected chi connectivity index (χ4v) is 4.16. The number of benzene rings is 1. The molecule has 0 fully saturated rings. The molecule has 2 atom stereocenters. The molecule has 2 rings (SSSR count). The fourth-order valence-electron chi connectivity index (χ4n) is 2.98. The SMILES string of the molecule is Cc1sc(C(C)C)c(/C=C/[C@@H](O)C[C@@H](O)CC(=O)[O-])c1-c1ccccc1.[Na+]. The average molecular weight is 396 g/mol. The van der Waals surface area contributed by atoms with Gasteiger partial charge in [0.05, 0.1) is 12.2 Å². The number of carboxylic acid groups (broad SMARTS) is 1. The van der Waals surface area contributed by atoms with E-state index >= 15 is 0 Å². The summed E-state index contributed by atoms with van der Waals surface area (Å²) in [5.74, 6) is -0.979. The summed E-state index contributed by atoms with van der Waals surface area (Å²) in [5, 5.41) is 30.3. The van der Waals surface area contributed by atoms with Gasteiger partial charge in [0.15, 0.2) is 0 Å². The molecule has 1 aromatic heterocycles. The molecule has 140 valence electrons. The number of aliphatic hydroxyl groups is 2. The third-order valence-electron chi connectivity index (χ3n) is 4.14. The second-order valence-corrected chi connectivity index (χ2v) is 7.98. The monoisotopic (exact) mass is 396 g/mol. The average Bonchev–Trinajstić information content (AvgIpc) is 2.89. The number of carboxylic acids is 1. The minimum Gasteiger partial charge on any atom is -0.550 e. The van der Waals surface area contributed by atoms with E-state index in [4.69, 9.17) is 0 Å². The van der Waals surface area contributed by atoms with Gasteiger partial charge in [-0.1, -0.05) is 56.3 Å². The van der Waals surface area contributed by atoms with Crippen molar-refractivity contribution in [3.63, 3.8) is 0 Å². The zero-order valence-electron chi connectivity index (χ0n) is 16.3. The van der Waals surface area contributed by atoms with E-state index in [0.717, 1.165) is 16.7 Å². The standard InChI is InChI=1S/C21H26O4S.Na/c1-13(2)21-18(10-9-16(22)11-17(23)12-19(24)25)20(14(3)26-21)15-7-5-4-6-8-15;/h4-10,13,16-17,22-23H,11-12H2,1-3H3,(H,24,25);/q;+1/p-1/b10-9+;/t16-,17-;/m1./s1. The van der Waals surface area contributed by atoms with Gasteiger partial charge in [-0.25, -0.2) is 0 Å². The topological polar surface area (TPSA) is 80.6 Å². The van der Waals surface area contributed by atoms with E-state index in [1.54, 1.807) is 17.4 Å². The maximum Gasteiger partial charge on any atom is 1.00 e. The Hall–Kier alpha value is -0.950. The van der Waals surface area contributed by atoms with Crippen LogP contribution in [-0.2, 0) is 4.79 Å². The number of rotatable bonds is 8. The fraction of sp³-hybridized carbons (Fsp3) is 0.381. The Morgan fingerprint density at radius 2 is 1.85 bits per heavy atom. The maximum atomic E-state index is 10.5. The summed E-state index contributed by atoms with van der Waals surface area (Å²) in [6.07, 6.45) is 0.950. The number of aliphatic carboxylic acids is 1. The quantitative estimate of drug-likeness (QED) is 0.621. The zero-order valence-corrected chi connectivity index (χ0v) is 19.1. The molecule has 2 aromatic rings. The minimum atomic E-state index is -1.32. The third-order valence-corrected chi connectivity index (χ3v) is 5.56. The maximum absolute atomic E-state index is 10.5. The van der Waals surface area contributed by atoms with Crippen LogP contribution in [0.25, 0.3) is 17.2 Å². The van der Waals surface area contributed by atoms with Gasteiger partial charge < -0.3 is 20.1 Å². The number of carbonyl (C=O) groups excluding carboxylic acids is 1. The Labute approximate surface area is 186 Å². The van der Waals surface area contributed by atoms with Crippen LogP contribution in [0.3, 0.4) is 0 Å². The van der Waals surface area contributed by atoms with Crippen molar-refractivity contribution in [3.8, 4) is 11.1 Å². The van der Waals surface area contributed by atoms with Gasteiger partial charge in [0, 0.05) is 34.1 Å². The predicted octanol–water partition coefficient (Wildman–Crippen LogP) is 0.116. The molecular weight excluding hydrogens is 371 g/mol. The van der Waals surface area contributed by atoms with Crippen LogP contribution in [0.5, 0.6) is 0 Å². The first-order valence-corrected chi connectivity index (χ1v) is 9.54. The van der Waals surface area contributed by atoms with Gasteiger partial charge in [-0.3, -0.25) is 0 Å². The van der Waals surface area contributed by atoms with Gasteiger partial charge in [-0.2, -0.15) is 0 Å². The molecule has 0 radical (unpaired) electrons. The number of hydrogen-bond donors (Lipinski definition) is 2. The molecule has 4 nitrogen and oxygen atoms in total. The molecule has 0 aliphatic rings. The summed E-state index contributed by atoms with van der Waals surface area (Å²) in [6.45, 7) is 6.37. The second kappa shape index (κ2) is 11.1. The van der Waals surface area contributed by atoms with Crippen LogP contribution in [0.4, 0.5) is 0 Å². The summed E-state index contributed by atoms with van der Waals surface area (Å²) in [6, 6.07) is 10.1.